The van der Waals surface area contributed by atoms with Crippen LogP contribution in [0.3, 0.4) is 0 Å². The van der Waals surface area contributed by atoms with E-state index in [1.54, 1.807) is 6.20 Å². The molecule has 0 aliphatic rings. The first kappa shape index (κ1) is 13.3. The Bertz CT molecular complexity index is 723. The van der Waals surface area contributed by atoms with E-state index in [9.17, 15) is 0 Å². The Kier molecular flexibility index (Phi) is 3.92. The van der Waals surface area contributed by atoms with Gasteiger partial charge in [0.15, 0.2) is 0 Å². The fourth-order valence-electron chi connectivity index (χ4n) is 2.30. The third-order valence-corrected chi connectivity index (χ3v) is 3.31. The van der Waals surface area contributed by atoms with Gasteiger partial charge >= 0.3 is 0 Å². The minimum absolute atomic E-state index is 0.688. The lowest BCUT2D eigenvalue weighted by Gasteiger charge is -2.12. The zero-order valence-corrected chi connectivity index (χ0v) is 12.0. The molecule has 3 nitrogen and oxygen atoms in total. The Balaban J connectivity index is 1.83. The summed E-state index contributed by atoms with van der Waals surface area (Å²) in [7, 11) is 0. The van der Waals surface area contributed by atoms with Crippen LogP contribution >= 0.6 is 0 Å². The maximum atomic E-state index is 4.42. The summed E-state index contributed by atoms with van der Waals surface area (Å²) >= 11 is 0. The minimum Gasteiger partial charge on any atom is -0.379 e. The molecule has 3 rings (SSSR count). The van der Waals surface area contributed by atoms with Crippen molar-refractivity contribution in [3.63, 3.8) is 0 Å². The van der Waals surface area contributed by atoms with Gasteiger partial charge in [-0.05, 0) is 24.6 Å². The van der Waals surface area contributed by atoms with E-state index < -0.39 is 0 Å². The Labute approximate surface area is 124 Å². The normalized spacial score (nSPS) is 10.3. The molecular weight excluding hydrogens is 258 g/mol. The Morgan fingerprint density at radius 3 is 2.48 bits per heavy atom. The van der Waals surface area contributed by atoms with Crippen LogP contribution in [-0.4, -0.2) is 9.97 Å². The first-order valence-corrected chi connectivity index (χ1v) is 7.00. The second kappa shape index (κ2) is 6.18. The van der Waals surface area contributed by atoms with Gasteiger partial charge in [-0.2, -0.15) is 0 Å². The fraction of sp³-hybridized carbons (Fsp3) is 0.111. The lowest BCUT2D eigenvalue weighted by atomic mass is 10.0. The summed E-state index contributed by atoms with van der Waals surface area (Å²) in [5.41, 5.74) is 4.51. The van der Waals surface area contributed by atoms with Crippen molar-refractivity contribution < 1.29 is 0 Å². The van der Waals surface area contributed by atoms with Gasteiger partial charge in [-0.15, -0.1) is 0 Å². The molecular formula is C18H17N3. The molecule has 0 spiro atoms. The Morgan fingerprint density at radius 1 is 0.905 bits per heavy atom. The van der Waals surface area contributed by atoms with Crippen LogP contribution in [0.25, 0.3) is 11.1 Å². The average Bonchev–Trinajstić information content (AvgIpc) is 2.54. The molecule has 1 N–H and O–H groups in total. The van der Waals surface area contributed by atoms with E-state index in [0.29, 0.717) is 6.54 Å². The molecule has 0 radical (unpaired) electrons. The van der Waals surface area contributed by atoms with Crippen LogP contribution in [0.4, 0.5) is 5.69 Å². The molecule has 1 heterocycles. The zero-order chi connectivity index (χ0) is 14.5. The van der Waals surface area contributed by atoms with Gasteiger partial charge in [0.25, 0.3) is 0 Å². The highest BCUT2D eigenvalue weighted by atomic mass is 14.9. The Morgan fingerprint density at radius 2 is 1.67 bits per heavy atom. The van der Waals surface area contributed by atoms with Gasteiger partial charge in [-0.3, -0.25) is 0 Å². The van der Waals surface area contributed by atoms with Crippen LogP contribution in [0.2, 0.25) is 0 Å². The van der Waals surface area contributed by atoms with E-state index in [1.165, 1.54) is 11.1 Å². The summed E-state index contributed by atoms with van der Waals surface area (Å²) in [6, 6.07) is 20.6. The summed E-state index contributed by atoms with van der Waals surface area (Å²) in [5.74, 6) is 0.797. The molecule has 104 valence electrons. The maximum Gasteiger partial charge on any atom is 0.125 e. The van der Waals surface area contributed by atoms with Gasteiger partial charge in [-0.25, -0.2) is 9.97 Å². The van der Waals surface area contributed by atoms with E-state index in [0.717, 1.165) is 17.2 Å². The van der Waals surface area contributed by atoms with Gasteiger partial charge in [-0.1, -0.05) is 48.5 Å². The molecule has 0 aliphatic heterocycles. The van der Waals surface area contributed by atoms with Crippen LogP contribution in [0.1, 0.15) is 11.5 Å². The molecule has 0 fully saturated rings. The van der Waals surface area contributed by atoms with Crippen molar-refractivity contribution in [2.75, 3.05) is 5.32 Å². The number of nitrogens with zero attached hydrogens (tertiary/aromatic N) is 2. The topological polar surface area (TPSA) is 37.8 Å². The van der Waals surface area contributed by atoms with Crippen molar-refractivity contribution in [2.24, 2.45) is 0 Å². The maximum absolute atomic E-state index is 4.42. The van der Waals surface area contributed by atoms with Gasteiger partial charge in [0.1, 0.15) is 5.82 Å². The summed E-state index contributed by atoms with van der Waals surface area (Å²) in [6.45, 7) is 2.59. The van der Waals surface area contributed by atoms with E-state index >= 15 is 0 Å². The minimum atomic E-state index is 0.688. The highest BCUT2D eigenvalue weighted by Crippen LogP contribution is 2.27. The molecule has 1 aromatic heterocycles. The number of benzene rings is 2. The molecule has 0 amide bonds. The second-order valence-electron chi connectivity index (χ2n) is 4.86. The third-order valence-electron chi connectivity index (χ3n) is 3.31. The number of anilines is 1. The Hall–Kier alpha value is -2.68. The predicted molar refractivity (Wildman–Crippen MR) is 86.0 cm³/mol. The van der Waals surface area contributed by atoms with Gasteiger partial charge in [0, 0.05) is 17.4 Å². The molecule has 3 heteroatoms. The smallest absolute Gasteiger partial charge is 0.125 e. The predicted octanol–water partition coefficient (Wildman–Crippen LogP) is 4.06. The highest BCUT2D eigenvalue weighted by molar-refractivity contribution is 5.77. The number of aryl methyl sites for hydroxylation is 1. The van der Waals surface area contributed by atoms with Crippen LogP contribution in [-0.2, 0) is 6.54 Å². The van der Waals surface area contributed by atoms with Crippen molar-refractivity contribution in [3.05, 3.63) is 78.4 Å². The van der Waals surface area contributed by atoms with Crippen molar-refractivity contribution in [2.45, 2.75) is 13.5 Å². The average molecular weight is 275 g/mol. The molecule has 2 aromatic carbocycles. The summed E-state index contributed by atoms with van der Waals surface area (Å²) in [5, 5.41) is 3.46. The van der Waals surface area contributed by atoms with E-state index in [-0.39, 0.29) is 0 Å². The number of rotatable bonds is 4. The molecule has 0 unspecified atom stereocenters. The zero-order valence-electron chi connectivity index (χ0n) is 12.0. The molecule has 0 saturated carbocycles. The monoisotopic (exact) mass is 275 g/mol. The lowest BCUT2D eigenvalue weighted by Crippen LogP contribution is -2.04. The fourth-order valence-corrected chi connectivity index (χ4v) is 2.30. The van der Waals surface area contributed by atoms with Crippen LogP contribution in [0.15, 0.2) is 66.9 Å². The van der Waals surface area contributed by atoms with Crippen molar-refractivity contribution in [3.8, 4) is 11.1 Å². The molecule has 21 heavy (non-hydrogen) atoms. The van der Waals surface area contributed by atoms with Gasteiger partial charge < -0.3 is 5.32 Å². The van der Waals surface area contributed by atoms with Crippen LogP contribution in [0, 0.1) is 6.92 Å². The summed E-state index contributed by atoms with van der Waals surface area (Å²) in [4.78, 5) is 8.54. The summed E-state index contributed by atoms with van der Waals surface area (Å²) in [6.07, 6.45) is 1.79. The van der Waals surface area contributed by atoms with Crippen LogP contribution < -0.4 is 5.32 Å². The molecule has 0 atom stereocenters. The first-order valence-electron chi connectivity index (χ1n) is 7.00. The number of hydrogen-bond acceptors (Lipinski definition) is 3. The van der Waals surface area contributed by atoms with E-state index in [2.05, 4.69) is 57.7 Å². The van der Waals surface area contributed by atoms with Crippen LogP contribution in [0.5, 0.6) is 0 Å². The first-order chi connectivity index (χ1) is 10.3. The quantitative estimate of drug-likeness (QED) is 0.780. The molecule has 3 aromatic rings. The van der Waals surface area contributed by atoms with Crippen molar-refractivity contribution in [1.29, 1.82) is 0 Å². The number of hydrogen-bond donors (Lipinski definition) is 1. The standard InChI is InChI=1S/C18H17N3/c1-14-19-12-11-16(21-14)13-20-18-10-6-5-9-17(18)15-7-3-2-4-8-15/h2-12,20H,13H2,1H3. The van der Waals surface area contributed by atoms with Gasteiger partial charge in [0.2, 0.25) is 0 Å². The number of aromatic nitrogens is 2. The van der Waals surface area contributed by atoms with Gasteiger partial charge in [0.05, 0.1) is 12.2 Å². The van der Waals surface area contributed by atoms with Crippen molar-refractivity contribution in [1.82, 2.24) is 9.97 Å². The van der Waals surface area contributed by atoms with E-state index in [1.807, 2.05) is 25.1 Å². The van der Waals surface area contributed by atoms with E-state index in [4.69, 9.17) is 0 Å². The molecule has 0 bridgehead atoms. The number of nitrogens with one attached hydrogen (secondary N) is 1. The summed E-state index contributed by atoms with van der Waals surface area (Å²) < 4.78 is 0. The molecule has 0 saturated heterocycles. The highest BCUT2D eigenvalue weighted by Gasteiger charge is 2.04. The molecule has 0 aliphatic carbocycles. The SMILES string of the molecule is Cc1nccc(CNc2ccccc2-c2ccccc2)n1. The second-order valence-corrected chi connectivity index (χ2v) is 4.86. The largest absolute Gasteiger partial charge is 0.379 e. The third kappa shape index (κ3) is 3.26. The lowest BCUT2D eigenvalue weighted by molar-refractivity contribution is 0.955. The van der Waals surface area contributed by atoms with Crippen molar-refractivity contribution >= 4 is 5.69 Å². The number of para-hydroxylation sites is 1.